The maximum Gasteiger partial charge on any atom is 0.221 e. The molecule has 1 aromatic carbocycles. The van der Waals surface area contributed by atoms with Gasteiger partial charge in [0.05, 0.1) is 11.1 Å². The molecule has 100 valence electrons. The molecule has 0 heterocycles. The fourth-order valence-electron chi connectivity index (χ4n) is 1.89. The molecule has 1 saturated carbocycles. The van der Waals surface area contributed by atoms with Crippen molar-refractivity contribution in [2.75, 3.05) is 0 Å². The van der Waals surface area contributed by atoms with Gasteiger partial charge >= 0.3 is 0 Å². The number of aryl methyl sites for hydroxylation is 1. The molecule has 5 heteroatoms. The molecular weight excluding hydrogens is 264 g/mol. The van der Waals surface area contributed by atoms with Crippen LogP contribution in [0, 0.1) is 17.2 Å². The number of rotatable bonds is 5. The number of hydrogen-bond donors (Lipinski definition) is 2. The summed E-state index contributed by atoms with van der Waals surface area (Å²) in [5.41, 5.74) is 0.887. The fourth-order valence-corrected chi connectivity index (χ4v) is 2.10. The van der Waals surface area contributed by atoms with E-state index in [4.69, 9.17) is 16.9 Å². The van der Waals surface area contributed by atoms with Gasteiger partial charge in [-0.25, -0.2) is 0 Å². The third-order valence-corrected chi connectivity index (χ3v) is 3.50. The molecule has 0 aromatic heterocycles. The van der Waals surface area contributed by atoms with Crippen molar-refractivity contribution in [3.05, 3.63) is 28.8 Å². The molecule has 1 aromatic rings. The van der Waals surface area contributed by atoms with Crippen LogP contribution in [0.4, 0.5) is 0 Å². The van der Waals surface area contributed by atoms with E-state index >= 15 is 0 Å². The Kier molecular flexibility index (Phi) is 4.28. The van der Waals surface area contributed by atoms with E-state index in [1.54, 1.807) is 12.1 Å². The Bertz CT molecular complexity index is 521. The monoisotopic (exact) mass is 278 g/mol. The standard InChI is InChI=1S/C14H15ClN2O2/c15-11-7-9(1-5-13(11)18)2-6-14(19)17-12(8-16)10-3-4-10/h1,5,7,10,12,18H,2-4,6H2,(H,17,19). The van der Waals surface area contributed by atoms with Gasteiger partial charge in [0.1, 0.15) is 11.8 Å². The van der Waals surface area contributed by atoms with Crippen molar-refractivity contribution >= 4 is 17.5 Å². The molecule has 2 N–H and O–H groups in total. The second kappa shape index (κ2) is 5.94. The minimum absolute atomic E-state index is 0.0353. The van der Waals surface area contributed by atoms with Gasteiger partial charge in [-0.2, -0.15) is 5.26 Å². The van der Waals surface area contributed by atoms with Crippen LogP contribution in [0.25, 0.3) is 0 Å². The van der Waals surface area contributed by atoms with E-state index in [1.807, 2.05) is 0 Å². The van der Waals surface area contributed by atoms with E-state index in [2.05, 4.69) is 11.4 Å². The summed E-state index contributed by atoms with van der Waals surface area (Å²) >= 11 is 5.79. The van der Waals surface area contributed by atoms with E-state index in [-0.39, 0.29) is 22.7 Å². The molecular formula is C14H15ClN2O2. The molecule has 1 fully saturated rings. The molecule has 1 aliphatic carbocycles. The first-order valence-corrected chi connectivity index (χ1v) is 6.64. The molecule has 4 nitrogen and oxygen atoms in total. The first-order valence-electron chi connectivity index (χ1n) is 6.26. The number of carbonyl (C=O) groups excluding carboxylic acids is 1. The molecule has 0 aliphatic heterocycles. The summed E-state index contributed by atoms with van der Waals surface area (Å²) in [6.07, 6.45) is 2.89. The van der Waals surface area contributed by atoms with Gasteiger partial charge in [0, 0.05) is 6.42 Å². The average Bonchev–Trinajstić information content (AvgIpc) is 3.21. The van der Waals surface area contributed by atoms with E-state index < -0.39 is 0 Å². The highest BCUT2D eigenvalue weighted by Gasteiger charge is 2.32. The number of nitrogens with zero attached hydrogens (tertiary/aromatic N) is 1. The van der Waals surface area contributed by atoms with Gasteiger partial charge in [0.15, 0.2) is 0 Å². The first kappa shape index (κ1) is 13.7. The minimum atomic E-state index is -0.351. The highest BCUT2D eigenvalue weighted by atomic mass is 35.5. The second-order valence-electron chi connectivity index (χ2n) is 4.80. The summed E-state index contributed by atoms with van der Waals surface area (Å²) in [5.74, 6) is 0.243. The summed E-state index contributed by atoms with van der Waals surface area (Å²) < 4.78 is 0. The summed E-state index contributed by atoms with van der Waals surface area (Å²) in [4.78, 5) is 11.7. The van der Waals surface area contributed by atoms with Crippen molar-refractivity contribution in [2.45, 2.75) is 31.7 Å². The highest BCUT2D eigenvalue weighted by molar-refractivity contribution is 6.32. The fraction of sp³-hybridized carbons (Fsp3) is 0.429. The van der Waals surface area contributed by atoms with Gasteiger partial charge in [-0.1, -0.05) is 17.7 Å². The van der Waals surface area contributed by atoms with Crippen LogP contribution in [0.5, 0.6) is 5.75 Å². The lowest BCUT2D eigenvalue weighted by Gasteiger charge is -2.10. The Morgan fingerprint density at radius 1 is 1.58 bits per heavy atom. The molecule has 1 unspecified atom stereocenters. The van der Waals surface area contributed by atoms with Crippen LogP contribution in [0.1, 0.15) is 24.8 Å². The Labute approximate surface area is 117 Å². The van der Waals surface area contributed by atoms with Gasteiger partial charge in [0.25, 0.3) is 0 Å². The van der Waals surface area contributed by atoms with Gasteiger partial charge in [-0.3, -0.25) is 4.79 Å². The third-order valence-electron chi connectivity index (χ3n) is 3.20. The zero-order valence-electron chi connectivity index (χ0n) is 10.4. The second-order valence-corrected chi connectivity index (χ2v) is 5.20. The number of nitriles is 1. The van der Waals surface area contributed by atoms with E-state index in [1.165, 1.54) is 6.07 Å². The molecule has 1 amide bonds. The Morgan fingerprint density at radius 2 is 2.32 bits per heavy atom. The number of phenolic OH excluding ortho intramolecular Hbond substituents is 1. The lowest BCUT2D eigenvalue weighted by molar-refractivity contribution is -0.121. The number of aromatic hydroxyl groups is 1. The van der Waals surface area contributed by atoms with Crippen LogP contribution in [-0.4, -0.2) is 17.1 Å². The third kappa shape index (κ3) is 3.87. The lowest BCUT2D eigenvalue weighted by atomic mass is 10.1. The van der Waals surface area contributed by atoms with Crippen LogP contribution in [0.3, 0.4) is 0 Å². The number of carbonyl (C=O) groups is 1. The van der Waals surface area contributed by atoms with Crippen LogP contribution < -0.4 is 5.32 Å². The first-order chi connectivity index (χ1) is 9.10. The molecule has 0 spiro atoms. The molecule has 19 heavy (non-hydrogen) atoms. The zero-order chi connectivity index (χ0) is 13.8. The van der Waals surface area contributed by atoms with Gasteiger partial charge in [-0.15, -0.1) is 0 Å². The van der Waals surface area contributed by atoms with Gasteiger partial charge < -0.3 is 10.4 Å². The van der Waals surface area contributed by atoms with Gasteiger partial charge in [0.2, 0.25) is 5.91 Å². The maximum absolute atomic E-state index is 11.7. The van der Waals surface area contributed by atoms with Crippen molar-refractivity contribution in [3.63, 3.8) is 0 Å². The summed E-state index contributed by atoms with van der Waals surface area (Å²) in [6.45, 7) is 0. The summed E-state index contributed by atoms with van der Waals surface area (Å²) in [5, 5.41) is 21.2. The van der Waals surface area contributed by atoms with Crippen molar-refractivity contribution in [1.82, 2.24) is 5.32 Å². The Morgan fingerprint density at radius 3 is 2.89 bits per heavy atom. The zero-order valence-corrected chi connectivity index (χ0v) is 11.2. The number of nitrogens with one attached hydrogen (secondary N) is 1. The van der Waals surface area contributed by atoms with Crippen LogP contribution in [0.15, 0.2) is 18.2 Å². The smallest absolute Gasteiger partial charge is 0.221 e. The summed E-state index contributed by atoms with van der Waals surface area (Å²) in [6, 6.07) is 6.66. The van der Waals surface area contributed by atoms with Crippen LogP contribution in [-0.2, 0) is 11.2 Å². The number of hydrogen-bond acceptors (Lipinski definition) is 3. The number of amides is 1. The Balaban J connectivity index is 1.82. The molecule has 0 radical (unpaired) electrons. The van der Waals surface area contributed by atoms with Crippen LogP contribution in [0.2, 0.25) is 5.02 Å². The summed E-state index contributed by atoms with van der Waals surface area (Å²) in [7, 11) is 0. The Hall–Kier alpha value is -1.73. The number of phenols is 1. The van der Waals surface area contributed by atoms with Gasteiger partial charge in [-0.05, 0) is 42.9 Å². The molecule has 0 bridgehead atoms. The quantitative estimate of drug-likeness (QED) is 0.868. The van der Waals surface area contributed by atoms with Crippen molar-refractivity contribution < 1.29 is 9.90 Å². The van der Waals surface area contributed by atoms with E-state index in [0.29, 0.717) is 18.8 Å². The molecule has 0 saturated heterocycles. The van der Waals surface area contributed by atoms with E-state index in [0.717, 1.165) is 18.4 Å². The molecule has 1 atom stereocenters. The maximum atomic E-state index is 11.7. The molecule has 1 aliphatic rings. The van der Waals surface area contributed by atoms with Crippen molar-refractivity contribution in [3.8, 4) is 11.8 Å². The minimum Gasteiger partial charge on any atom is -0.506 e. The SMILES string of the molecule is N#CC(NC(=O)CCc1ccc(O)c(Cl)c1)C1CC1. The van der Waals surface area contributed by atoms with Crippen molar-refractivity contribution in [1.29, 1.82) is 5.26 Å². The lowest BCUT2D eigenvalue weighted by Crippen LogP contribution is -2.35. The highest BCUT2D eigenvalue weighted by Crippen LogP contribution is 2.32. The topological polar surface area (TPSA) is 73.1 Å². The number of halogens is 1. The average molecular weight is 279 g/mol. The van der Waals surface area contributed by atoms with E-state index in [9.17, 15) is 9.90 Å². The predicted molar refractivity (Wildman–Crippen MR) is 71.7 cm³/mol. The molecule has 2 rings (SSSR count). The predicted octanol–water partition coefficient (Wildman–Crippen LogP) is 2.40. The van der Waals surface area contributed by atoms with Crippen molar-refractivity contribution in [2.24, 2.45) is 5.92 Å². The van der Waals surface area contributed by atoms with Crippen LogP contribution >= 0.6 is 11.6 Å². The largest absolute Gasteiger partial charge is 0.506 e. The normalized spacial score (nSPS) is 15.6. The number of benzene rings is 1.